The van der Waals surface area contributed by atoms with Crippen molar-refractivity contribution in [3.8, 4) is 0 Å². The van der Waals surface area contributed by atoms with Crippen LogP contribution < -0.4 is 5.32 Å². The van der Waals surface area contributed by atoms with Gasteiger partial charge < -0.3 is 5.32 Å². The van der Waals surface area contributed by atoms with Gasteiger partial charge in [-0.05, 0) is 42.5 Å². The molecule has 22 heavy (non-hydrogen) atoms. The van der Waals surface area contributed by atoms with E-state index in [1.54, 1.807) is 0 Å². The molecule has 2 aromatic carbocycles. The van der Waals surface area contributed by atoms with Gasteiger partial charge in [-0.25, -0.2) is 12.8 Å². The van der Waals surface area contributed by atoms with Crippen molar-refractivity contribution in [1.82, 2.24) is 0 Å². The Morgan fingerprint density at radius 1 is 1.05 bits per heavy atom. The molecule has 2 rings (SSSR count). The molecule has 4 nitrogen and oxygen atoms in total. The maximum atomic E-state index is 13.0. The molecule has 8 heteroatoms. The second-order valence-electron chi connectivity index (χ2n) is 4.29. The van der Waals surface area contributed by atoms with Crippen LogP contribution in [0.4, 0.5) is 18.9 Å². The van der Waals surface area contributed by atoms with Crippen LogP contribution in [-0.4, -0.2) is 20.1 Å². The van der Waals surface area contributed by atoms with Crippen molar-refractivity contribution in [2.45, 2.75) is 10.7 Å². The van der Waals surface area contributed by atoms with Gasteiger partial charge in [0.25, 0.3) is 5.91 Å². The van der Waals surface area contributed by atoms with Gasteiger partial charge >= 0.3 is 5.76 Å². The minimum absolute atomic E-state index is 0.0532. The summed E-state index contributed by atoms with van der Waals surface area (Å²) in [6, 6.07) is 9.23. The van der Waals surface area contributed by atoms with Crippen LogP contribution in [0.5, 0.6) is 0 Å². The van der Waals surface area contributed by atoms with Crippen LogP contribution in [0.3, 0.4) is 0 Å². The lowest BCUT2D eigenvalue weighted by Crippen LogP contribution is -2.14. The Bertz CT molecular complexity index is 789. The number of carbonyl (C=O) groups is 1. The van der Waals surface area contributed by atoms with Crippen molar-refractivity contribution >= 4 is 21.4 Å². The number of carbonyl (C=O) groups excluding carboxylic acids is 1. The summed E-state index contributed by atoms with van der Waals surface area (Å²) in [6.45, 7) is 0. The minimum Gasteiger partial charge on any atom is -0.322 e. The smallest absolute Gasteiger partial charge is 0.322 e. The number of rotatable bonds is 4. The molecule has 0 radical (unpaired) electrons. The molecular weight excluding hydrogens is 319 g/mol. The molecule has 0 aliphatic rings. The van der Waals surface area contributed by atoms with E-state index in [0.717, 1.165) is 30.3 Å². The lowest BCUT2D eigenvalue weighted by Gasteiger charge is -2.07. The standard InChI is InChI=1S/C14H10F3NO3S/c15-10-2-1-3-11(8-10)18-13(19)9-4-6-12(7-5-9)22(20,21)14(16)17/h1-8,14H,(H,18,19). The molecule has 0 spiro atoms. The van der Waals surface area contributed by atoms with Gasteiger partial charge in [-0.15, -0.1) is 0 Å². The predicted octanol–water partition coefficient (Wildman–Crippen LogP) is 3.07. The molecule has 2 aromatic rings. The summed E-state index contributed by atoms with van der Waals surface area (Å²) in [5.74, 6) is -4.68. The van der Waals surface area contributed by atoms with E-state index < -0.39 is 32.2 Å². The maximum absolute atomic E-state index is 13.0. The van der Waals surface area contributed by atoms with E-state index in [9.17, 15) is 26.4 Å². The van der Waals surface area contributed by atoms with E-state index in [-0.39, 0.29) is 11.3 Å². The normalized spacial score (nSPS) is 11.5. The van der Waals surface area contributed by atoms with Crippen LogP contribution in [0.15, 0.2) is 53.4 Å². The largest absolute Gasteiger partial charge is 0.341 e. The van der Waals surface area contributed by atoms with Gasteiger partial charge in [0.15, 0.2) is 0 Å². The highest BCUT2D eigenvalue weighted by Gasteiger charge is 2.26. The molecule has 0 saturated heterocycles. The van der Waals surface area contributed by atoms with Gasteiger partial charge in [0.1, 0.15) is 5.82 Å². The highest BCUT2D eigenvalue weighted by Crippen LogP contribution is 2.19. The Hall–Kier alpha value is -2.35. The fourth-order valence-electron chi connectivity index (χ4n) is 1.67. The molecule has 0 aromatic heterocycles. The Morgan fingerprint density at radius 2 is 1.68 bits per heavy atom. The molecule has 0 aliphatic carbocycles. The molecule has 116 valence electrons. The summed E-state index contributed by atoms with van der Waals surface area (Å²) in [4.78, 5) is 11.3. The molecule has 1 amide bonds. The molecule has 0 heterocycles. The zero-order valence-corrected chi connectivity index (χ0v) is 11.8. The first-order valence-electron chi connectivity index (χ1n) is 6.00. The van der Waals surface area contributed by atoms with Crippen molar-refractivity contribution in [2.75, 3.05) is 5.32 Å². The minimum atomic E-state index is -4.70. The average Bonchev–Trinajstić information content (AvgIpc) is 2.47. The van der Waals surface area contributed by atoms with Crippen molar-refractivity contribution in [3.63, 3.8) is 0 Å². The number of amides is 1. The Kier molecular flexibility index (Phi) is 4.51. The van der Waals surface area contributed by atoms with E-state index in [4.69, 9.17) is 0 Å². The monoisotopic (exact) mass is 329 g/mol. The molecular formula is C14H10F3NO3S. The second kappa shape index (κ2) is 6.18. The second-order valence-corrected chi connectivity index (χ2v) is 6.21. The molecule has 1 N–H and O–H groups in total. The molecule has 0 saturated carbocycles. The third kappa shape index (κ3) is 3.45. The van der Waals surface area contributed by atoms with Crippen LogP contribution in [0.25, 0.3) is 0 Å². The van der Waals surface area contributed by atoms with Gasteiger partial charge in [-0.2, -0.15) is 8.78 Å². The van der Waals surface area contributed by atoms with Gasteiger partial charge in [-0.3, -0.25) is 4.79 Å². The summed E-state index contributed by atoms with van der Waals surface area (Å²) in [7, 11) is -4.70. The summed E-state index contributed by atoms with van der Waals surface area (Å²) in [5.41, 5.74) is 0.270. The Morgan fingerprint density at radius 3 is 2.23 bits per heavy atom. The van der Waals surface area contributed by atoms with E-state index in [2.05, 4.69) is 5.32 Å². The average molecular weight is 329 g/mol. The third-order valence-electron chi connectivity index (χ3n) is 2.76. The summed E-state index contributed by atoms with van der Waals surface area (Å²) in [5, 5.41) is 2.40. The highest BCUT2D eigenvalue weighted by atomic mass is 32.2. The molecule has 0 atom stereocenters. The Balaban J connectivity index is 2.19. The van der Waals surface area contributed by atoms with Gasteiger partial charge in [0.2, 0.25) is 9.84 Å². The van der Waals surface area contributed by atoms with Crippen LogP contribution in [-0.2, 0) is 9.84 Å². The number of hydrogen-bond donors (Lipinski definition) is 1. The van der Waals surface area contributed by atoms with Crippen molar-refractivity contribution in [3.05, 3.63) is 59.9 Å². The van der Waals surface area contributed by atoms with E-state index in [1.165, 1.54) is 18.2 Å². The maximum Gasteiger partial charge on any atom is 0.341 e. The first-order valence-corrected chi connectivity index (χ1v) is 7.54. The van der Waals surface area contributed by atoms with E-state index in [1.807, 2.05) is 0 Å². The van der Waals surface area contributed by atoms with Crippen molar-refractivity contribution in [2.24, 2.45) is 0 Å². The van der Waals surface area contributed by atoms with Crippen LogP contribution in [0.1, 0.15) is 10.4 Å². The van der Waals surface area contributed by atoms with Gasteiger partial charge in [0, 0.05) is 11.3 Å². The number of alkyl halides is 2. The molecule has 0 unspecified atom stereocenters. The highest BCUT2D eigenvalue weighted by molar-refractivity contribution is 7.91. The number of sulfone groups is 1. The number of nitrogens with one attached hydrogen (secondary N) is 1. The van der Waals surface area contributed by atoms with Crippen LogP contribution in [0.2, 0.25) is 0 Å². The molecule has 0 bridgehead atoms. The molecule has 0 aliphatic heterocycles. The fourth-order valence-corrected chi connectivity index (χ4v) is 2.39. The third-order valence-corrected chi connectivity index (χ3v) is 4.16. The SMILES string of the molecule is O=C(Nc1cccc(F)c1)c1ccc(S(=O)(=O)C(F)F)cc1. The zero-order valence-electron chi connectivity index (χ0n) is 11.0. The van der Waals surface area contributed by atoms with Crippen molar-refractivity contribution < 1.29 is 26.4 Å². The summed E-state index contributed by atoms with van der Waals surface area (Å²) >= 11 is 0. The Labute approximate surface area is 124 Å². The zero-order chi connectivity index (χ0) is 16.3. The molecule has 0 fully saturated rings. The number of benzene rings is 2. The lowest BCUT2D eigenvalue weighted by molar-refractivity contribution is 0.102. The quantitative estimate of drug-likeness (QED) is 0.937. The topological polar surface area (TPSA) is 63.2 Å². The lowest BCUT2D eigenvalue weighted by atomic mass is 10.2. The van der Waals surface area contributed by atoms with Crippen LogP contribution in [0, 0.1) is 5.82 Å². The van der Waals surface area contributed by atoms with Gasteiger partial charge in [0.05, 0.1) is 4.90 Å². The fraction of sp³-hybridized carbons (Fsp3) is 0.0714. The summed E-state index contributed by atoms with van der Waals surface area (Å²) < 4.78 is 60.2. The summed E-state index contributed by atoms with van der Waals surface area (Å²) in [6.07, 6.45) is 0. The van der Waals surface area contributed by atoms with E-state index >= 15 is 0 Å². The van der Waals surface area contributed by atoms with Crippen LogP contribution >= 0.6 is 0 Å². The first kappa shape index (κ1) is 16.0. The van der Waals surface area contributed by atoms with Gasteiger partial charge in [-0.1, -0.05) is 6.07 Å². The van der Waals surface area contributed by atoms with Crippen molar-refractivity contribution in [1.29, 1.82) is 0 Å². The first-order chi connectivity index (χ1) is 10.3. The number of anilines is 1. The predicted molar refractivity (Wildman–Crippen MR) is 74.0 cm³/mol. The number of halogens is 3. The van der Waals surface area contributed by atoms with E-state index in [0.29, 0.717) is 0 Å². The number of hydrogen-bond acceptors (Lipinski definition) is 3.